The molecule has 1 aliphatic rings. The molecule has 0 saturated heterocycles. The largest absolute Gasteiger partial charge is 0.381 e. The van der Waals surface area contributed by atoms with Crippen LogP contribution in [-0.2, 0) is 20.7 Å². The number of thioether (sulfide) groups is 1. The van der Waals surface area contributed by atoms with E-state index in [1.54, 1.807) is 16.7 Å². The lowest BCUT2D eigenvalue weighted by atomic mass is 10.2. The summed E-state index contributed by atoms with van der Waals surface area (Å²) in [4.78, 5) is 27.5. The lowest BCUT2D eigenvalue weighted by Crippen LogP contribution is -2.36. The van der Waals surface area contributed by atoms with E-state index in [4.69, 9.17) is 4.74 Å². The van der Waals surface area contributed by atoms with Crippen LogP contribution in [0, 0.1) is 0 Å². The fourth-order valence-corrected chi connectivity index (χ4v) is 4.21. The molecule has 0 saturated carbocycles. The third-order valence-corrected chi connectivity index (χ3v) is 5.80. The van der Waals surface area contributed by atoms with Crippen LogP contribution in [0.25, 0.3) is 0 Å². The summed E-state index contributed by atoms with van der Waals surface area (Å²) in [7, 11) is 0. The Labute approximate surface area is 176 Å². The van der Waals surface area contributed by atoms with Crippen LogP contribution in [0.1, 0.15) is 24.8 Å². The van der Waals surface area contributed by atoms with Gasteiger partial charge in [0.2, 0.25) is 11.8 Å². The predicted molar refractivity (Wildman–Crippen MR) is 117 cm³/mol. The van der Waals surface area contributed by atoms with Crippen molar-refractivity contribution in [3.05, 3.63) is 60.2 Å². The third-order valence-electron chi connectivity index (χ3n) is 4.76. The molecule has 0 atom stereocenters. The van der Waals surface area contributed by atoms with Crippen molar-refractivity contribution < 1.29 is 14.3 Å². The number of ether oxygens (including phenoxy) is 1. The molecule has 0 radical (unpaired) electrons. The first-order valence-electron chi connectivity index (χ1n) is 10.1. The highest BCUT2D eigenvalue weighted by Crippen LogP contribution is 2.34. The first kappa shape index (κ1) is 21.4. The van der Waals surface area contributed by atoms with Gasteiger partial charge >= 0.3 is 0 Å². The van der Waals surface area contributed by atoms with Crippen molar-refractivity contribution in [2.45, 2.75) is 30.6 Å². The zero-order valence-electron chi connectivity index (χ0n) is 16.6. The molecule has 0 aromatic heterocycles. The minimum atomic E-state index is -0.0812. The Balaban J connectivity index is 1.26. The Morgan fingerprint density at radius 2 is 1.79 bits per heavy atom. The molecule has 0 spiro atoms. The molecule has 0 fully saturated rings. The van der Waals surface area contributed by atoms with Gasteiger partial charge in [0, 0.05) is 43.2 Å². The number of amides is 2. The number of anilines is 1. The molecule has 0 unspecified atom stereocenters. The topological polar surface area (TPSA) is 58.6 Å². The van der Waals surface area contributed by atoms with Crippen LogP contribution in [-0.4, -0.2) is 43.9 Å². The molecule has 2 aromatic rings. The van der Waals surface area contributed by atoms with Crippen LogP contribution in [0.5, 0.6) is 0 Å². The molecular formula is C23H28N2O3S. The van der Waals surface area contributed by atoms with Crippen molar-refractivity contribution in [1.29, 1.82) is 0 Å². The van der Waals surface area contributed by atoms with Gasteiger partial charge in [-0.3, -0.25) is 9.59 Å². The summed E-state index contributed by atoms with van der Waals surface area (Å²) in [6, 6.07) is 18.2. The van der Waals surface area contributed by atoms with E-state index in [9.17, 15) is 9.59 Å². The van der Waals surface area contributed by atoms with Crippen molar-refractivity contribution >= 4 is 29.3 Å². The van der Waals surface area contributed by atoms with E-state index in [-0.39, 0.29) is 24.7 Å². The zero-order valence-corrected chi connectivity index (χ0v) is 17.5. The zero-order chi connectivity index (χ0) is 20.3. The molecule has 1 aliphatic heterocycles. The molecule has 1 N–H and O–H groups in total. The van der Waals surface area contributed by atoms with Crippen LogP contribution >= 0.6 is 11.8 Å². The van der Waals surface area contributed by atoms with E-state index in [1.807, 2.05) is 42.5 Å². The summed E-state index contributed by atoms with van der Waals surface area (Å²) in [6.07, 6.45) is 2.12. The highest BCUT2D eigenvalue weighted by atomic mass is 32.2. The average molecular weight is 413 g/mol. The van der Waals surface area contributed by atoms with Crippen LogP contribution in [0.4, 0.5) is 5.69 Å². The van der Waals surface area contributed by atoms with Gasteiger partial charge in [0.15, 0.2) is 0 Å². The lowest BCUT2D eigenvalue weighted by molar-refractivity contribution is -0.125. The summed E-state index contributed by atoms with van der Waals surface area (Å²) < 4.78 is 5.62. The van der Waals surface area contributed by atoms with Gasteiger partial charge < -0.3 is 15.0 Å². The second kappa shape index (κ2) is 11.6. The van der Waals surface area contributed by atoms with Crippen molar-refractivity contribution in [3.8, 4) is 0 Å². The van der Waals surface area contributed by atoms with E-state index in [1.165, 1.54) is 5.56 Å². The Bertz CT molecular complexity index is 798. The van der Waals surface area contributed by atoms with Gasteiger partial charge in [-0.25, -0.2) is 0 Å². The molecule has 3 rings (SSSR count). The van der Waals surface area contributed by atoms with E-state index in [0.717, 1.165) is 29.2 Å². The van der Waals surface area contributed by atoms with Crippen LogP contribution < -0.4 is 10.2 Å². The SMILES string of the molecule is O=C(CCC(=O)N1CCSc2ccccc21)NCCCOCCc1ccccc1. The van der Waals surface area contributed by atoms with E-state index < -0.39 is 0 Å². The fourth-order valence-electron chi connectivity index (χ4n) is 3.21. The van der Waals surface area contributed by atoms with Gasteiger partial charge in [-0.1, -0.05) is 42.5 Å². The molecule has 6 heteroatoms. The molecule has 5 nitrogen and oxygen atoms in total. The number of fused-ring (bicyclic) bond motifs is 1. The maximum absolute atomic E-state index is 12.5. The normalized spacial score (nSPS) is 13.0. The van der Waals surface area contributed by atoms with Crippen LogP contribution in [0.15, 0.2) is 59.5 Å². The Kier molecular flexibility index (Phi) is 8.58. The first-order chi connectivity index (χ1) is 14.2. The highest BCUT2D eigenvalue weighted by molar-refractivity contribution is 7.99. The molecule has 0 bridgehead atoms. The van der Waals surface area contributed by atoms with Gasteiger partial charge in [0.1, 0.15) is 0 Å². The Morgan fingerprint density at radius 1 is 1.00 bits per heavy atom. The maximum atomic E-state index is 12.5. The summed E-state index contributed by atoms with van der Waals surface area (Å²) in [6.45, 7) is 2.57. The highest BCUT2D eigenvalue weighted by Gasteiger charge is 2.22. The van der Waals surface area contributed by atoms with Crippen molar-refractivity contribution in [2.24, 2.45) is 0 Å². The molecule has 154 valence electrons. The first-order valence-corrected chi connectivity index (χ1v) is 11.1. The van der Waals surface area contributed by atoms with Crippen LogP contribution in [0.2, 0.25) is 0 Å². The number of hydrogen-bond donors (Lipinski definition) is 1. The lowest BCUT2D eigenvalue weighted by Gasteiger charge is -2.29. The molecule has 0 aliphatic carbocycles. The number of para-hydroxylation sites is 1. The van der Waals surface area contributed by atoms with Crippen LogP contribution in [0.3, 0.4) is 0 Å². The Morgan fingerprint density at radius 3 is 2.66 bits per heavy atom. The number of benzene rings is 2. The monoisotopic (exact) mass is 412 g/mol. The maximum Gasteiger partial charge on any atom is 0.227 e. The van der Waals surface area contributed by atoms with E-state index in [0.29, 0.717) is 26.3 Å². The summed E-state index contributed by atoms with van der Waals surface area (Å²) in [5.41, 5.74) is 2.22. The molecule has 1 heterocycles. The van der Waals surface area contributed by atoms with E-state index in [2.05, 4.69) is 17.4 Å². The van der Waals surface area contributed by atoms with Crippen molar-refractivity contribution in [3.63, 3.8) is 0 Å². The fraction of sp³-hybridized carbons (Fsp3) is 0.391. The molecular weight excluding hydrogens is 384 g/mol. The van der Waals surface area contributed by atoms with Crippen molar-refractivity contribution in [2.75, 3.05) is 37.0 Å². The second-order valence-corrected chi connectivity index (χ2v) is 8.05. The van der Waals surface area contributed by atoms with Gasteiger partial charge in [0.25, 0.3) is 0 Å². The van der Waals surface area contributed by atoms with Gasteiger partial charge in [-0.2, -0.15) is 0 Å². The molecule has 2 amide bonds. The quantitative estimate of drug-likeness (QED) is 0.605. The molecule has 2 aromatic carbocycles. The summed E-state index contributed by atoms with van der Waals surface area (Å²) in [5, 5.41) is 2.87. The number of hydrogen-bond acceptors (Lipinski definition) is 4. The second-order valence-electron chi connectivity index (χ2n) is 6.91. The Hall–Kier alpha value is -2.31. The van der Waals surface area contributed by atoms with Crippen molar-refractivity contribution in [1.82, 2.24) is 5.32 Å². The summed E-state index contributed by atoms with van der Waals surface area (Å²) in [5.74, 6) is 0.818. The number of nitrogens with zero attached hydrogens (tertiary/aromatic N) is 1. The third kappa shape index (κ3) is 6.91. The minimum Gasteiger partial charge on any atom is -0.381 e. The number of rotatable bonds is 10. The minimum absolute atomic E-state index is 0.0112. The standard InChI is InChI=1S/C23H28N2O3S/c26-22(24-14-6-16-28-17-13-19-7-2-1-3-8-19)11-12-23(27)25-15-18-29-21-10-5-4-9-20(21)25/h1-5,7-10H,6,11-18H2,(H,24,26). The number of carbonyl (C=O) groups excluding carboxylic acids is 2. The predicted octanol–water partition coefficient (Wildman–Crippen LogP) is 3.67. The smallest absolute Gasteiger partial charge is 0.227 e. The average Bonchev–Trinajstić information content (AvgIpc) is 2.77. The van der Waals surface area contributed by atoms with Gasteiger partial charge in [0.05, 0.1) is 12.3 Å². The number of nitrogens with one attached hydrogen (secondary N) is 1. The van der Waals surface area contributed by atoms with Gasteiger partial charge in [-0.05, 0) is 30.5 Å². The van der Waals surface area contributed by atoms with Gasteiger partial charge in [-0.15, -0.1) is 11.8 Å². The summed E-state index contributed by atoms with van der Waals surface area (Å²) >= 11 is 1.77. The molecule has 29 heavy (non-hydrogen) atoms. The van der Waals surface area contributed by atoms with E-state index >= 15 is 0 Å². The number of carbonyl (C=O) groups is 2.